The number of thiophene rings is 1. The van der Waals surface area contributed by atoms with Crippen molar-refractivity contribution in [2.24, 2.45) is 0 Å². The molecule has 4 nitrogen and oxygen atoms in total. The highest BCUT2D eigenvalue weighted by molar-refractivity contribution is 7.12. The van der Waals surface area contributed by atoms with E-state index in [1.807, 2.05) is 25.1 Å². The quantitative estimate of drug-likeness (QED) is 0.831. The Bertz CT molecular complexity index is 598. The summed E-state index contributed by atoms with van der Waals surface area (Å²) in [6, 6.07) is 7.41. The van der Waals surface area contributed by atoms with E-state index in [4.69, 9.17) is 16.7 Å². The first-order chi connectivity index (χ1) is 9.04. The number of carboxylic acid groups (broad SMARTS) is 1. The normalized spacial score (nSPS) is 10.4. The molecule has 0 saturated heterocycles. The molecule has 2 aromatic heterocycles. The molecule has 19 heavy (non-hydrogen) atoms. The van der Waals surface area contributed by atoms with Gasteiger partial charge in [-0.25, -0.2) is 4.98 Å². The van der Waals surface area contributed by atoms with Crippen molar-refractivity contribution in [3.05, 3.63) is 44.9 Å². The second-order valence-electron chi connectivity index (χ2n) is 4.06. The maximum Gasteiger partial charge on any atom is 0.308 e. The number of aryl methyl sites for hydroxylation is 1. The van der Waals surface area contributed by atoms with Crippen molar-refractivity contribution in [1.29, 1.82) is 0 Å². The van der Waals surface area contributed by atoms with Gasteiger partial charge < -0.3 is 10.4 Å². The zero-order valence-electron chi connectivity index (χ0n) is 10.3. The van der Waals surface area contributed by atoms with Gasteiger partial charge in [-0.15, -0.1) is 11.3 Å². The summed E-state index contributed by atoms with van der Waals surface area (Å²) in [4.78, 5) is 16.7. The molecule has 0 fully saturated rings. The minimum absolute atomic E-state index is 0.0756. The third-order valence-corrected chi connectivity index (χ3v) is 3.84. The van der Waals surface area contributed by atoms with Crippen LogP contribution in [0.2, 0.25) is 5.15 Å². The summed E-state index contributed by atoms with van der Waals surface area (Å²) >= 11 is 7.29. The average molecular weight is 297 g/mol. The lowest BCUT2D eigenvalue weighted by atomic mass is 10.3. The van der Waals surface area contributed by atoms with Crippen LogP contribution in [-0.2, 0) is 17.8 Å². The van der Waals surface area contributed by atoms with Crippen LogP contribution in [0.5, 0.6) is 0 Å². The number of aromatic nitrogens is 1. The third kappa shape index (κ3) is 3.94. The van der Waals surface area contributed by atoms with Crippen molar-refractivity contribution in [1.82, 2.24) is 4.98 Å². The summed E-state index contributed by atoms with van der Waals surface area (Å²) in [5, 5.41) is 12.5. The average Bonchev–Trinajstić information content (AvgIpc) is 2.74. The number of aliphatic carboxylic acids is 1. The van der Waals surface area contributed by atoms with Crippen molar-refractivity contribution in [2.75, 3.05) is 5.32 Å². The molecule has 0 saturated carbocycles. The lowest BCUT2D eigenvalue weighted by Crippen LogP contribution is -2.00. The summed E-state index contributed by atoms with van der Waals surface area (Å²) in [7, 11) is 0. The van der Waals surface area contributed by atoms with Crippen molar-refractivity contribution in [2.45, 2.75) is 19.9 Å². The smallest absolute Gasteiger partial charge is 0.308 e. The van der Waals surface area contributed by atoms with Gasteiger partial charge in [0.25, 0.3) is 0 Å². The Labute approximate surface area is 120 Å². The molecule has 2 aromatic rings. The van der Waals surface area contributed by atoms with E-state index in [1.165, 1.54) is 11.3 Å². The van der Waals surface area contributed by atoms with E-state index < -0.39 is 5.97 Å². The zero-order chi connectivity index (χ0) is 13.8. The molecule has 100 valence electrons. The van der Waals surface area contributed by atoms with Gasteiger partial charge in [-0.05, 0) is 31.2 Å². The van der Waals surface area contributed by atoms with Gasteiger partial charge in [0.15, 0.2) is 0 Å². The number of nitrogens with zero attached hydrogens (tertiary/aromatic N) is 1. The first-order valence-electron chi connectivity index (χ1n) is 5.71. The lowest BCUT2D eigenvalue weighted by Gasteiger charge is -2.07. The van der Waals surface area contributed by atoms with Crippen molar-refractivity contribution in [3.63, 3.8) is 0 Å². The number of carboxylic acids is 1. The number of halogens is 1. The standard InChI is InChI=1S/C13H13ClN2O2S/c1-8-11(4-5-12(14)16-8)15-7-10-3-2-9(19-10)6-13(17)18/h2-5,15H,6-7H2,1H3,(H,17,18). The predicted molar refractivity (Wildman–Crippen MR) is 77.0 cm³/mol. The lowest BCUT2D eigenvalue weighted by molar-refractivity contribution is -0.136. The van der Waals surface area contributed by atoms with Gasteiger partial charge >= 0.3 is 5.97 Å². The molecular formula is C13H13ClN2O2S. The van der Waals surface area contributed by atoms with Crippen molar-refractivity contribution >= 4 is 34.6 Å². The van der Waals surface area contributed by atoms with Crippen LogP contribution in [0.3, 0.4) is 0 Å². The molecule has 2 N–H and O–H groups in total. The number of hydrogen-bond acceptors (Lipinski definition) is 4. The maximum atomic E-state index is 10.6. The van der Waals surface area contributed by atoms with E-state index in [0.29, 0.717) is 11.7 Å². The molecule has 0 unspecified atom stereocenters. The highest BCUT2D eigenvalue weighted by Gasteiger charge is 2.05. The van der Waals surface area contributed by atoms with Crippen LogP contribution < -0.4 is 5.32 Å². The van der Waals surface area contributed by atoms with Gasteiger partial charge in [-0.2, -0.15) is 0 Å². The van der Waals surface area contributed by atoms with E-state index >= 15 is 0 Å². The topological polar surface area (TPSA) is 62.2 Å². The largest absolute Gasteiger partial charge is 0.481 e. The molecule has 0 aliphatic carbocycles. The van der Waals surface area contributed by atoms with Crippen LogP contribution >= 0.6 is 22.9 Å². The summed E-state index contributed by atoms with van der Waals surface area (Å²) in [6.07, 6.45) is 0.0756. The zero-order valence-corrected chi connectivity index (χ0v) is 11.9. The van der Waals surface area contributed by atoms with Crippen LogP contribution in [0.15, 0.2) is 24.3 Å². The Morgan fingerprint density at radius 1 is 1.37 bits per heavy atom. The maximum absolute atomic E-state index is 10.6. The minimum Gasteiger partial charge on any atom is -0.481 e. The van der Waals surface area contributed by atoms with Crippen LogP contribution in [-0.4, -0.2) is 16.1 Å². The Morgan fingerprint density at radius 3 is 2.79 bits per heavy atom. The van der Waals surface area contributed by atoms with Gasteiger partial charge in [-0.1, -0.05) is 11.6 Å². The fourth-order valence-corrected chi connectivity index (χ4v) is 2.80. The van der Waals surface area contributed by atoms with E-state index in [2.05, 4.69) is 10.3 Å². The first-order valence-corrected chi connectivity index (χ1v) is 6.90. The van der Waals surface area contributed by atoms with Crippen LogP contribution in [0, 0.1) is 6.92 Å². The summed E-state index contributed by atoms with van der Waals surface area (Å²) in [5.41, 5.74) is 1.77. The third-order valence-electron chi connectivity index (χ3n) is 2.55. The minimum atomic E-state index is -0.806. The number of anilines is 1. The van der Waals surface area contributed by atoms with Gasteiger partial charge in [-0.3, -0.25) is 4.79 Å². The summed E-state index contributed by atoms with van der Waals surface area (Å²) < 4.78 is 0. The molecule has 2 rings (SSSR count). The molecule has 0 radical (unpaired) electrons. The molecule has 6 heteroatoms. The number of hydrogen-bond donors (Lipinski definition) is 2. The van der Waals surface area contributed by atoms with Gasteiger partial charge in [0.1, 0.15) is 5.15 Å². The Balaban J connectivity index is 1.98. The summed E-state index contributed by atoms with van der Waals surface area (Å²) in [6.45, 7) is 2.53. The molecular weight excluding hydrogens is 284 g/mol. The van der Waals surface area contributed by atoms with Crippen LogP contribution in [0.1, 0.15) is 15.4 Å². The predicted octanol–water partition coefficient (Wildman–Crippen LogP) is 3.34. The van der Waals surface area contributed by atoms with Gasteiger partial charge in [0, 0.05) is 16.3 Å². The SMILES string of the molecule is Cc1nc(Cl)ccc1NCc1ccc(CC(=O)O)s1. The fraction of sp³-hybridized carbons (Fsp3) is 0.231. The molecule has 0 atom stereocenters. The molecule has 0 aliphatic heterocycles. The monoisotopic (exact) mass is 296 g/mol. The highest BCUT2D eigenvalue weighted by atomic mass is 35.5. The van der Waals surface area contributed by atoms with Crippen molar-refractivity contribution in [3.8, 4) is 0 Å². The Kier molecular flexibility index (Phi) is 4.39. The molecule has 0 bridgehead atoms. The molecule has 0 aromatic carbocycles. The fourth-order valence-electron chi connectivity index (χ4n) is 1.66. The number of pyridine rings is 1. The molecule has 0 spiro atoms. The Hall–Kier alpha value is -1.59. The molecule has 0 aliphatic rings. The van der Waals surface area contributed by atoms with Crippen molar-refractivity contribution < 1.29 is 9.90 Å². The van der Waals surface area contributed by atoms with Crippen LogP contribution in [0.25, 0.3) is 0 Å². The summed E-state index contributed by atoms with van der Waals surface area (Å²) in [5.74, 6) is -0.806. The molecule has 0 amide bonds. The van der Waals surface area contributed by atoms with E-state index in [0.717, 1.165) is 21.1 Å². The van der Waals surface area contributed by atoms with E-state index in [-0.39, 0.29) is 6.42 Å². The first kappa shape index (κ1) is 13.8. The second kappa shape index (κ2) is 6.04. The molecule has 2 heterocycles. The number of carbonyl (C=O) groups is 1. The van der Waals surface area contributed by atoms with E-state index in [9.17, 15) is 4.79 Å². The van der Waals surface area contributed by atoms with Gasteiger partial charge in [0.2, 0.25) is 0 Å². The number of nitrogens with one attached hydrogen (secondary N) is 1. The second-order valence-corrected chi connectivity index (χ2v) is 5.70. The Morgan fingerprint density at radius 2 is 2.11 bits per heavy atom. The van der Waals surface area contributed by atoms with Crippen LogP contribution in [0.4, 0.5) is 5.69 Å². The van der Waals surface area contributed by atoms with E-state index in [1.54, 1.807) is 6.07 Å². The van der Waals surface area contributed by atoms with Gasteiger partial charge in [0.05, 0.1) is 17.8 Å². The highest BCUT2D eigenvalue weighted by Crippen LogP contribution is 2.20. The number of rotatable bonds is 5.